The molecule has 45 heavy (non-hydrogen) atoms. The second-order valence-electron chi connectivity index (χ2n) is 11.8. The summed E-state index contributed by atoms with van der Waals surface area (Å²) < 4.78 is 20.3. The third kappa shape index (κ3) is 5.80. The molecular formula is C39H39N3O3. The number of para-hydroxylation sites is 3. The fourth-order valence-corrected chi connectivity index (χ4v) is 6.68. The Kier molecular flexibility index (Phi) is 8.27. The lowest BCUT2D eigenvalue weighted by molar-refractivity contribution is -0.00403. The quantitative estimate of drug-likeness (QED) is 0.183. The molecule has 0 amide bonds. The Bertz CT molecular complexity index is 1510. The molecule has 4 aromatic carbocycles. The van der Waals surface area contributed by atoms with E-state index in [9.17, 15) is 0 Å². The van der Waals surface area contributed by atoms with E-state index in [1.807, 2.05) is 36.4 Å². The number of hydrogen-bond donors (Lipinski definition) is 0. The first-order valence-electron chi connectivity index (χ1n) is 15.6. The Hall–Kier alpha value is -4.62. The molecule has 3 atom stereocenters. The minimum absolute atomic E-state index is 0.316. The van der Waals surface area contributed by atoms with Crippen LogP contribution < -0.4 is 14.2 Å². The van der Waals surface area contributed by atoms with Gasteiger partial charge in [0.15, 0.2) is 18.7 Å². The lowest BCUT2D eigenvalue weighted by Crippen LogP contribution is -2.39. The molecule has 6 heteroatoms. The van der Waals surface area contributed by atoms with Crippen molar-refractivity contribution in [3.63, 3.8) is 0 Å². The van der Waals surface area contributed by atoms with Crippen LogP contribution in [0.2, 0.25) is 0 Å². The highest BCUT2D eigenvalue weighted by atomic mass is 16.5. The van der Waals surface area contributed by atoms with Gasteiger partial charge in [-0.3, -0.25) is 14.7 Å². The molecule has 0 spiro atoms. The van der Waals surface area contributed by atoms with E-state index in [1.165, 1.54) is 16.7 Å². The summed E-state index contributed by atoms with van der Waals surface area (Å²) in [5.74, 6) is 2.71. The van der Waals surface area contributed by atoms with Crippen molar-refractivity contribution in [2.45, 2.75) is 38.3 Å². The van der Waals surface area contributed by atoms with E-state index >= 15 is 0 Å². The molecule has 4 aromatic rings. The van der Waals surface area contributed by atoms with Gasteiger partial charge in [0, 0.05) is 72.6 Å². The van der Waals surface area contributed by atoms with Gasteiger partial charge in [-0.05, 0) is 36.4 Å². The summed E-state index contributed by atoms with van der Waals surface area (Å²) in [5.41, 5.74) is 6.63. The summed E-state index contributed by atoms with van der Waals surface area (Å²) in [7, 11) is 0. The molecule has 0 saturated heterocycles. The highest BCUT2D eigenvalue weighted by Crippen LogP contribution is 2.42. The molecule has 0 bridgehead atoms. The molecule has 3 heterocycles. The predicted molar refractivity (Wildman–Crippen MR) is 178 cm³/mol. The van der Waals surface area contributed by atoms with Crippen LogP contribution in [0.3, 0.4) is 0 Å². The summed E-state index contributed by atoms with van der Waals surface area (Å²) in [6, 6.07) is 31.5. The molecule has 0 radical (unpaired) electrons. The van der Waals surface area contributed by atoms with Crippen molar-refractivity contribution in [3.8, 4) is 17.2 Å². The number of rotatable bonds is 9. The largest absolute Gasteiger partial charge is 0.471 e. The third-order valence-electron chi connectivity index (χ3n) is 8.70. The minimum Gasteiger partial charge on any atom is -0.471 e. The van der Waals surface area contributed by atoms with Gasteiger partial charge in [0.1, 0.15) is 17.2 Å². The summed E-state index contributed by atoms with van der Waals surface area (Å²) in [6.07, 6.45) is 4.87. The Morgan fingerprint density at radius 2 is 0.778 bits per heavy atom. The van der Waals surface area contributed by atoms with Crippen molar-refractivity contribution in [3.05, 3.63) is 162 Å². The van der Waals surface area contributed by atoms with Crippen LogP contribution in [0.1, 0.15) is 52.1 Å². The first-order chi connectivity index (χ1) is 22.1. The Labute approximate surface area is 266 Å². The molecule has 3 unspecified atom stereocenters. The van der Waals surface area contributed by atoms with E-state index in [4.69, 9.17) is 14.2 Å². The molecule has 228 valence electrons. The first-order valence-corrected chi connectivity index (χ1v) is 15.6. The van der Waals surface area contributed by atoms with E-state index in [2.05, 4.69) is 107 Å². The van der Waals surface area contributed by atoms with Gasteiger partial charge in [0.2, 0.25) is 0 Å². The van der Waals surface area contributed by atoms with Gasteiger partial charge >= 0.3 is 0 Å². The Morgan fingerprint density at radius 3 is 1.07 bits per heavy atom. The molecule has 0 aromatic heterocycles. The van der Waals surface area contributed by atoms with Crippen LogP contribution in [0.25, 0.3) is 0 Å². The average molecular weight is 598 g/mol. The van der Waals surface area contributed by atoms with Crippen LogP contribution in [0.4, 0.5) is 0 Å². The fourth-order valence-electron chi connectivity index (χ4n) is 6.68. The smallest absolute Gasteiger partial charge is 0.179 e. The van der Waals surface area contributed by atoms with Gasteiger partial charge in [0.25, 0.3) is 0 Å². The topological polar surface area (TPSA) is 37.4 Å². The monoisotopic (exact) mass is 597 g/mol. The molecule has 0 aliphatic carbocycles. The molecule has 3 aliphatic heterocycles. The number of hydrogen-bond acceptors (Lipinski definition) is 6. The third-order valence-corrected chi connectivity index (χ3v) is 8.70. The second kappa shape index (κ2) is 12.8. The van der Waals surface area contributed by atoms with Crippen molar-refractivity contribution in [2.24, 2.45) is 0 Å². The van der Waals surface area contributed by atoms with E-state index in [0.29, 0.717) is 19.6 Å². The molecule has 0 fully saturated rings. The van der Waals surface area contributed by atoms with Gasteiger partial charge in [-0.15, -0.1) is 19.7 Å². The second-order valence-corrected chi connectivity index (χ2v) is 11.8. The van der Waals surface area contributed by atoms with Gasteiger partial charge in [-0.2, -0.15) is 0 Å². The van der Waals surface area contributed by atoms with E-state index in [-0.39, 0.29) is 18.7 Å². The fraction of sp³-hybridized carbons (Fsp3) is 0.231. The molecule has 6 nitrogen and oxygen atoms in total. The van der Waals surface area contributed by atoms with Crippen LogP contribution in [-0.2, 0) is 19.6 Å². The number of ether oxygens (including phenoxy) is 3. The van der Waals surface area contributed by atoms with Crippen molar-refractivity contribution in [2.75, 3.05) is 19.6 Å². The highest BCUT2D eigenvalue weighted by Gasteiger charge is 2.35. The zero-order valence-electron chi connectivity index (χ0n) is 25.6. The summed E-state index contributed by atoms with van der Waals surface area (Å²) >= 11 is 0. The molecular weight excluding hydrogens is 558 g/mol. The van der Waals surface area contributed by atoms with Gasteiger partial charge < -0.3 is 14.2 Å². The predicted octanol–water partition coefficient (Wildman–Crippen LogP) is 7.92. The maximum absolute atomic E-state index is 6.77. The summed E-state index contributed by atoms with van der Waals surface area (Å²) in [4.78, 5) is 6.94. The molecule has 0 saturated carbocycles. The molecule has 0 N–H and O–H groups in total. The summed E-state index contributed by atoms with van der Waals surface area (Å²) in [5, 5.41) is 0. The minimum atomic E-state index is -0.316. The number of benzene rings is 4. The zero-order chi connectivity index (χ0) is 30.8. The van der Waals surface area contributed by atoms with Gasteiger partial charge in [0.05, 0.1) is 0 Å². The van der Waals surface area contributed by atoms with Crippen LogP contribution in [0.5, 0.6) is 17.2 Å². The summed E-state index contributed by atoms with van der Waals surface area (Å²) in [6.45, 7) is 16.5. The zero-order valence-corrected chi connectivity index (χ0v) is 25.6. The van der Waals surface area contributed by atoms with E-state index in [0.717, 1.165) is 53.6 Å². The van der Waals surface area contributed by atoms with E-state index < -0.39 is 0 Å². The van der Waals surface area contributed by atoms with Crippen LogP contribution in [0.15, 0.2) is 129 Å². The van der Waals surface area contributed by atoms with Crippen LogP contribution >= 0.6 is 0 Å². The number of fused-ring (bicyclic) bond motifs is 3. The molecule has 3 aliphatic rings. The van der Waals surface area contributed by atoms with Crippen molar-refractivity contribution in [1.82, 2.24) is 14.7 Å². The highest BCUT2D eigenvalue weighted by molar-refractivity contribution is 5.43. The Balaban J connectivity index is 1.36. The van der Waals surface area contributed by atoms with Crippen LogP contribution in [0, 0.1) is 0 Å². The lowest BCUT2D eigenvalue weighted by Gasteiger charge is -2.40. The first kappa shape index (κ1) is 29.1. The van der Waals surface area contributed by atoms with Crippen molar-refractivity contribution in [1.29, 1.82) is 0 Å². The maximum atomic E-state index is 6.77. The normalized spacial score (nSPS) is 21.2. The van der Waals surface area contributed by atoms with Gasteiger partial charge in [-0.1, -0.05) is 72.8 Å². The van der Waals surface area contributed by atoms with E-state index in [1.54, 1.807) is 0 Å². The van der Waals surface area contributed by atoms with Crippen LogP contribution in [-0.4, -0.2) is 34.3 Å². The maximum Gasteiger partial charge on any atom is 0.179 e. The molecule has 7 rings (SSSR count). The average Bonchev–Trinajstić information content (AvgIpc) is 3.07. The lowest BCUT2D eigenvalue weighted by atomic mass is 9.98. The van der Waals surface area contributed by atoms with Gasteiger partial charge in [-0.25, -0.2) is 0 Å². The SMILES string of the molecule is C=CCN1Cc2ccccc2OC1c1cc(C2Oc3ccccc3CN2CC=C)cc(C2Oc3ccccc3CN2CC=C)c1. The standard InChI is InChI=1S/C39H39N3O3/c1-4-19-40-25-28-13-7-10-16-34(28)43-37(40)31-22-32(38-41(20-5-2)26-29-14-8-11-17-35(29)44-38)24-33(23-31)39-42(21-6-3)27-30-15-9-12-18-36(30)45-39/h4-18,22-24,37-39H,1-3,19-21,25-27H2. The van der Waals surface area contributed by atoms with Crippen molar-refractivity contribution >= 4 is 0 Å². The van der Waals surface area contributed by atoms with Crippen molar-refractivity contribution < 1.29 is 14.2 Å². The Morgan fingerprint density at radius 1 is 0.489 bits per heavy atom. The number of nitrogens with zero attached hydrogens (tertiary/aromatic N) is 3.